The SMILES string of the molecule is NCc1cccc(Cl)c1N1CCN(CC2CC2)CC1. The Morgan fingerprint density at radius 1 is 1.16 bits per heavy atom. The average Bonchev–Trinajstić information content (AvgIpc) is 3.23. The normalized spacial score (nSPS) is 20.8. The van der Waals surface area contributed by atoms with E-state index < -0.39 is 0 Å². The van der Waals surface area contributed by atoms with Crippen LogP contribution in [0.25, 0.3) is 0 Å². The second-order valence-corrected chi connectivity index (χ2v) is 6.09. The molecule has 19 heavy (non-hydrogen) atoms. The summed E-state index contributed by atoms with van der Waals surface area (Å²) in [6.45, 7) is 6.25. The third-order valence-corrected chi connectivity index (χ3v) is 4.50. The molecule has 2 fully saturated rings. The minimum absolute atomic E-state index is 0.554. The number of piperazine rings is 1. The van der Waals surface area contributed by atoms with Crippen molar-refractivity contribution < 1.29 is 0 Å². The molecule has 1 aromatic carbocycles. The first-order valence-electron chi connectivity index (χ1n) is 7.22. The van der Waals surface area contributed by atoms with E-state index in [1.165, 1.54) is 19.4 Å². The number of para-hydroxylation sites is 1. The van der Waals surface area contributed by atoms with E-state index in [0.29, 0.717) is 6.54 Å². The number of hydrogen-bond acceptors (Lipinski definition) is 3. The van der Waals surface area contributed by atoms with Crippen molar-refractivity contribution in [1.82, 2.24) is 4.90 Å². The van der Waals surface area contributed by atoms with Gasteiger partial charge in [-0.25, -0.2) is 0 Å². The van der Waals surface area contributed by atoms with E-state index in [1.54, 1.807) is 0 Å². The quantitative estimate of drug-likeness (QED) is 0.918. The van der Waals surface area contributed by atoms with Gasteiger partial charge in [0.25, 0.3) is 0 Å². The molecule has 4 heteroatoms. The number of nitrogens with zero attached hydrogens (tertiary/aromatic N) is 2. The van der Waals surface area contributed by atoms with Crippen molar-refractivity contribution >= 4 is 17.3 Å². The van der Waals surface area contributed by atoms with Gasteiger partial charge < -0.3 is 10.6 Å². The molecule has 3 nitrogen and oxygen atoms in total. The van der Waals surface area contributed by atoms with Crippen molar-refractivity contribution in [3.05, 3.63) is 28.8 Å². The molecule has 1 saturated carbocycles. The molecule has 1 saturated heterocycles. The highest BCUT2D eigenvalue weighted by Gasteiger charge is 2.27. The number of nitrogens with two attached hydrogens (primary N) is 1. The maximum absolute atomic E-state index is 6.36. The lowest BCUT2D eigenvalue weighted by Crippen LogP contribution is -2.47. The van der Waals surface area contributed by atoms with Crippen LogP contribution in [-0.4, -0.2) is 37.6 Å². The number of halogens is 1. The van der Waals surface area contributed by atoms with Crippen LogP contribution in [0.5, 0.6) is 0 Å². The predicted octanol–water partition coefficient (Wildman–Crippen LogP) is 2.33. The molecule has 0 radical (unpaired) electrons. The average molecular weight is 280 g/mol. The van der Waals surface area contributed by atoms with Gasteiger partial charge in [0, 0.05) is 39.3 Å². The van der Waals surface area contributed by atoms with Crippen LogP contribution in [0, 0.1) is 5.92 Å². The smallest absolute Gasteiger partial charge is 0.0642 e. The zero-order valence-corrected chi connectivity index (χ0v) is 12.1. The van der Waals surface area contributed by atoms with Crippen molar-refractivity contribution in [2.45, 2.75) is 19.4 Å². The standard InChI is InChI=1S/C15H22ClN3/c16-14-3-1-2-13(10-17)15(14)19-8-6-18(7-9-19)11-12-4-5-12/h1-3,12H,4-11,17H2. The molecule has 3 rings (SSSR count). The molecule has 1 heterocycles. The minimum Gasteiger partial charge on any atom is -0.368 e. The second kappa shape index (κ2) is 5.70. The van der Waals surface area contributed by atoms with E-state index in [0.717, 1.165) is 48.4 Å². The Labute approximate surface area is 120 Å². The zero-order chi connectivity index (χ0) is 13.2. The first-order chi connectivity index (χ1) is 9.28. The molecule has 0 amide bonds. The maximum atomic E-state index is 6.36. The largest absolute Gasteiger partial charge is 0.368 e. The molecule has 0 spiro atoms. The van der Waals surface area contributed by atoms with Gasteiger partial charge in [-0.15, -0.1) is 0 Å². The molecular weight excluding hydrogens is 258 g/mol. The van der Waals surface area contributed by atoms with Crippen LogP contribution in [0.2, 0.25) is 5.02 Å². The summed E-state index contributed by atoms with van der Waals surface area (Å²) in [6.07, 6.45) is 2.87. The number of rotatable bonds is 4. The van der Waals surface area contributed by atoms with Crippen LogP contribution in [0.4, 0.5) is 5.69 Å². The van der Waals surface area contributed by atoms with Gasteiger partial charge in [-0.3, -0.25) is 4.90 Å². The van der Waals surface area contributed by atoms with Crippen molar-refractivity contribution in [2.75, 3.05) is 37.6 Å². The molecule has 2 N–H and O–H groups in total. The van der Waals surface area contributed by atoms with E-state index in [4.69, 9.17) is 17.3 Å². The first kappa shape index (κ1) is 13.2. The van der Waals surface area contributed by atoms with Gasteiger partial charge in [0.1, 0.15) is 0 Å². The van der Waals surface area contributed by atoms with E-state index in [2.05, 4.69) is 15.9 Å². The molecule has 1 aromatic rings. The summed E-state index contributed by atoms with van der Waals surface area (Å²) < 4.78 is 0. The molecule has 0 atom stereocenters. The maximum Gasteiger partial charge on any atom is 0.0642 e. The minimum atomic E-state index is 0.554. The van der Waals surface area contributed by atoms with Gasteiger partial charge >= 0.3 is 0 Å². The summed E-state index contributed by atoms with van der Waals surface area (Å²) in [5.74, 6) is 0.978. The molecule has 1 aliphatic heterocycles. The lowest BCUT2D eigenvalue weighted by molar-refractivity contribution is 0.248. The third kappa shape index (κ3) is 3.04. The molecule has 2 aliphatic rings. The van der Waals surface area contributed by atoms with Crippen molar-refractivity contribution in [2.24, 2.45) is 11.7 Å². The van der Waals surface area contributed by atoms with Gasteiger partial charge in [0.05, 0.1) is 10.7 Å². The highest BCUT2D eigenvalue weighted by atomic mass is 35.5. The van der Waals surface area contributed by atoms with Crippen LogP contribution in [0.1, 0.15) is 18.4 Å². The summed E-state index contributed by atoms with van der Waals surface area (Å²) >= 11 is 6.36. The fourth-order valence-electron chi connectivity index (χ4n) is 2.90. The number of anilines is 1. The third-order valence-electron chi connectivity index (χ3n) is 4.19. The van der Waals surface area contributed by atoms with Crippen molar-refractivity contribution in [3.8, 4) is 0 Å². The molecule has 1 aliphatic carbocycles. The topological polar surface area (TPSA) is 32.5 Å². The molecule has 0 bridgehead atoms. The van der Waals surface area contributed by atoms with Crippen LogP contribution < -0.4 is 10.6 Å². The zero-order valence-electron chi connectivity index (χ0n) is 11.3. The Bertz CT molecular complexity index is 437. The Kier molecular flexibility index (Phi) is 3.96. The molecule has 104 valence electrons. The summed E-state index contributed by atoms with van der Waals surface area (Å²) in [5, 5.41) is 0.832. The fraction of sp³-hybridized carbons (Fsp3) is 0.600. The van der Waals surface area contributed by atoms with Crippen molar-refractivity contribution in [1.29, 1.82) is 0 Å². The van der Waals surface area contributed by atoms with Gasteiger partial charge in [0.2, 0.25) is 0 Å². The van der Waals surface area contributed by atoms with Gasteiger partial charge in [-0.2, -0.15) is 0 Å². The summed E-state index contributed by atoms with van der Waals surface area (Å²) in [7, 11) is 0. The van der Waals surface area contributed by atoms with Gasteiger partial charge in [-0.05, 0) is 30.4 Å². The predicted molar refractivity (Wildman–Crippen MR) is 80.7 cm³/mol. The first-order valence-corrected chi connectivity index (χ1v) is 7.60. The molecule has 0 aromatic heterocycles. The highest BCUT2D eigenvalue weighted by molar-refractivity contribution is 6.33. The van der Waals surface area contributed by atoms with Crippen LogP contribution in [0.3, 0.4) is 0 Å². The summed E-state index contributed by atoms with van der Waals surface area (Å²) in [5.41, 5.74) is 8.14. The highest BCUT2D eigenvalue weighted by Crippen LogP contribution is 2.32. The van der Waals surface area contributed by atoms with Gasteiger partial charge in [0.15, 0.2) is 0 Å². The second-order valence-electron chi connectivity index (χ2n) is 5.68. The summed E-state index contributed by atoms with van der Waals surface area (Å²) in [6, 6.07) is 6.03. The van der Waals surface area contributed by atoms with E-state index in [-0.39, 0.29) is 0 Å². The van der Waals surface area contributed by atoms with Gasteiger partial charge in [-0.1, -0.05) is 23.7 Å². The fourth-order valence-corrected chi connectivity index (χ4v) is 3.21. The van der Waals surface area contributed by atoms with E-state index in [9.17, 15) is 0 Å². The Hall–Kier alpha value is -0.770. The van der Waals surface area contributed by atoms with E-state index in [1.807, 2.05) is 12.1 Å². The van der Waals surface area contributed by atoms with E-state index >= 15 is 0 Å². The van der Waals surface area contributed by atoms with Crippen LogP contribution >= 0.6 is 11.6 Å². The number of hydrogen-bond donors (Lipinski definition) is 1. The number of benzene rings is 1. The Morgan fingerprint density at radius 3 is 2.53 bits per heavy atom. The monoisotopic (exact) mass is 279 g/mol. The lowest BCUT2D eigenvalue weighted by Gasteiger charge is -2.37. The Morgan fingerprint density at radius 2 is 1.89 bits per heavy atom. The van der Waals surface area contributed by atoms with Crippen LogP contribution in [-0.2, 0) is 6.54 Å². The Balaban J connectivity index is 1.67. The molecule has 0 unspecified atom stereocenters. The molecular formula is C15H22ClN3. The van der Waals surface area contributed by atoms with Crippen molar-refractivity contribution in [3.63, 3.8) is 0 Å². The lowest BCUT2D eigenvalue weighted by atomic mass is 10.1. The van der Waals surface area contributed by atoms with Crippen LogP contribution in [0.15, 0.2) is 18.2 Å². The summed E-state index contributed by atoms with van der Waals surface area (Å²) in [4.78, 5) is 4.99.